The van der Waals surface area contributed by atoms with Crippen LogP contribution < -0.4 is 0 Å². The number of nitrogens with zero attached hydrogens (tertiary/aromatic N) is 5. The SMILES string of the molecule is COCCn1cnnc1CN(C)C(=O)c1ncc(C)[nH]1. The molecule has 2 rings (SSSR count). The third-order valence-electron chi connectivity index (χ3n) is 2.86. The normalized spacial score (nSPS) is 10.8. The van der Waals surface area contributed by atoms with Gasteiger partial charge in [-0.25, -0.2) is 4.98 Å². The molecule has 0 atom stereocenters. The minimum Gasteiger partial charge on any atom is -0.383 e. The molecule has 0 radical (unpaired) electrons. The van der Waals surface area contributed by atoms with E-state index in [1.54, 1.807) is 31.6 Å². The van der Waals surface area contributed by atoms with Crippen LogP contribution in [-0.2, 0) is 17.8 Å². The van der Waals surface area contributed by atoms with E-state index in [4.69, 9.17) is 4.74 Å². The number of H-pyrrole nitrogens is 1. The van der Waals surface area contributed by atoms with Gasteiger partial charge in [-0.3, -0.25) is 4.79 Å². The Kier molecular flexibility index (Phi) is 4.46. The Morgan fingerprint density at radius 3 is 3.00 bits per heavy atom. The summed E-state index contributed by atoms with van der Waals surface area (Å²) in [4.78, 5) is 20.7. The molecule has 2 aromatic rings. The van der Waals surface area contributed by atoms with Gasteiger partial charge in [-0.05, 0) is 6.92 Å². The van der Waals surface area contributed by atoms with Gasteiger partial charge in [-0.15, -0.1) is 10.2 Å². The van der Waals surface area contributed by atoms with Gasteiger partial charge in [0.2, 0.25) is 0 Å². The zero-order valence-corrected chi connectivity index (χ0v) is 11.8. The summed E-state index contributed by atoms with van der Waals surface area (Å²) in [5.41, 5.74) is 0.852. The van der Waals surface area contributed by atoms with Crippen molar-refractivity contribution in [1.82, 2.24) is 29.6 Å². The van der Waals surface area contributed by atoms with E-state index in [2.05, 4.69) is 20.2 Å². The number of aromatic nitrogens is 5. The van der Waals surface area contributed by atoms with Gasteiger partial charge in [0.1, 0.15) is 6.33 Å². The molecule has 0 aliphatic heterocycles. The maximum atomic E-state index is 12.2. The fourth-order valence-electron chi connectivity index (χ4n) is 1.76. The molecule has 0 aromatic carbocycles. The van der Waals surface area contributed by atoms with E-state index in [1.807, 2.05) is 11.5 Å². The van der Waals surface area contributed by atoms with Crippen LogP contribution in [0.2, 0.25) is 0 Å². The molecule has 1 N–H and O–H groups in total. The van der Waals surface area contributed by atoms with Gasteiger partial charge in [-0.2, -0.15) is 0 Å². The molecule has 108 valence electrons. The molecule has 0 saturated heterocycles. The minimum atomic E-state index is -0.181. The first-order valence-electron chi connectivity index (χ1n) is 6.24. The summed E-state index contributed by atoms with van der Waals surface area (Å²) in [5, 5.41) is 7.88. The van der Waals surface area contributed by atoms with Gasteiger partial charge < -0.3 is 19.2 Å². The highest BCUT2D eigenvalue weighted by molar-refractivity contribution is 5.90. The number of ether oxygens (including phenoxy) is 1. The average Bonchev–Trinajstić information content (AvgIpc) is 3.04. The summed E-state index contributed by atoms with van der Waals surface area (Å²) in [5.74, 6) is 0.855. The fourth-order valence-corrected chi connectivity index (χ4v) is 1.76. The summed E-state index contributed by atoms with van der Waals surface area (Å²) in [6.07, 6.45) is 3.26. The summed E-state index contributed by atoms with van der Waals surface area (Å²) in [6, 6.07) is 0. The van der Waals surface area contributed by atoms with Crippen molar-refractivity contribution in [2.75, 3.05) is 20.8 Å². The van der Waals surface area contributed by atoms with E-state index in [1.165, 1.54) is 0 Å². The smallest absolute Gasteiger partial charge is 0.289 e. The van der Waals surface area contributed by atoms with Crippen LogP contribution in [0.4, 0.5) is 0 Å². The van der Waals surface area contributed by atoms with Gasteiger partial charge in [0, 0.05) is 32.6 Å². The van der Waals surface area contributed by atoms with Crippen LogP contribution in [0.1, 0.15) is 22.1 Å². The van der Waals surface area contributed by atoms with Crippen molar-refractivity contribution in [3.63, 3.8) is 0 Å². The lowest BCUT2D eigenvalue weighted by Crippen LogP contribution is -2.28. The van der Waals surface area contributed by atoms with Gasteiger partial charge in [0.25, 0.3) is 5.91 Å². The Bertz CT molecular complexity index is 576. The number of aryl methyl sites for hydroxylation is 1. The summed E-state index contributed by atoms with van der Waals surface area (Å²) >= 11 is 0. The van der Waals surface area contributed by atoms with E-state index in [0.29, 0.717) is 31.3 Å². The zero-order chi connectivity index (χ0) is 14.5. The first kappa shape index (κ1) is 14.2. The van der Waals surface area contributed by atoms with E-state index in [-0.39, 0.29) is 5.91 Å². The molecule has 0 fully saturated rings. The van der Waals surface area contributed by atoms with E-state index in [0.717, 1.165) is 5.69 Å². The van der Waals surface area contributed by atoms with Crippen molar-refractivity contribution in [3.8, 4) is 0 Å². The molecule has 8 nitrogen and oxygen atoms in total. The number of rotatable bonds is 6. The van der Waals surface area contributed by atoms with Crippen LogP contribution >= 0.6 is 0 Å². The van der Waals surface area contributed by atoms with Gasteiger partial charge >= 0.3 is 0 Å². The number of hydrogen-bond donors (Lipinski definition) is 1. The molecule has 8 heteroatoms. The van der Waals surface area contributed by atoms with Crippen LogP contribution in [0.3, 0.4) is 0 Å². The average molecular weight is 278 g/mol. The molecule has 0 saturated carbocycles. The Labute approximate surface area is 116 Å². The number of hydrogen-bond acceptors (Lipinski definition) is 5. The van der Waals surface area contributed by atoms with Crippen LogP contribution in [-0.4, -0.2) is 56.3 Å². The van der Waals surface area contributed by atoms with Crippen molar-refractivity contribution in [2.45, 2.75) is 20.0 Å². The first-order valence-corrected chi connectivity index (χ1v) is 6.24. The van der Waals surface area contributed by atoms with Crippen molar-refractivity contribution in [2.24, 2.45) is 0 Å². The zero-order valence-electron chi connectivity index (χ0n) is 11.8. The lowest BCUT2D eigenvalue weighted by atomic mass is 10.4. The second kappa shape index (κ2) is 6.29. The third kappa shape index (κ3) is 3.21. The van der Waals surface area contributed by atoms with Crippen LogP contribution in [0.5, 0.6) is 0 Å². The molecule has 0 aliphatic rings. The lowest BCUT2D eigenvalue weighted by Gasteiger charge is -2.15. The molecule has 2 aromatic heterocycles. The molecular weight excluding hydrogens is 260 g/mol. The maximum absolute atomic E-state index is 12.2. The third-order valence-corrected chi connectivity index (χ3v) is 2.86. The number of imidazole rings is 1. The number of methoxy groups -OCH3 is 1. The Morgan fingerprint density at radius 2 is 2.35 bits per heavy atom. The van der Waals surface area contributed by atoms with Gasteiger partial charge in [-0.1, -0.05) is 0 Å². The number of nitrogens with one attached hydrogen (secondary N) is 1. The van der Waals surface area contributed by atoms with Crippen LogP contribution in [0.15, 0.2) is 12.5 Å². The number of aromatic amines is 1. The predicted octanol–water partition coefficient (Wildman–Crippen LogP) is 0.228. The highest BCUT2D eigenvalue weighted by Gasteiger charge is 2.17. The van der Waals surface area contributed by atoms with Crippen LogP contribution in [0, 0.1) is 6.92 Å². The Morgan fingerprint density at radius 1 is 1.55 bits per heavy atom. The van der Waals surface area contributed by atoms with E-state index < -0.39 is 0 Å². The molecule has 0 spiro atoms. The topological polar surface area (TPSA) is 88.9 Å². The molecule has 0 unspecified atom stereocenters. The van der Waals surface area contributed by atoms with Crippen molar-refractivity contribution < 1.29 is 9.53 Å². The standard InChI is InChI=1S/C12H18N6O2/c1-9-6-13-11(15-9)12(19)17(2)7-10-16-14-8-18(10)4-5-20-3/h6,8H,4-5,7H2,1-3H3,(H,13,15). The Balaban J connectivity index is 2.02. The van der Waals surface area contributed by atoms with E-state index in [9.17, 15) is 4.79 Å². The second-order valence-electron chi connectivity index (χ2n) is 4.51. The summed E-state index contributed by atoms with van der Waals surface area (Å²) in [6.45, 7) is 3.44. The van der Waals surface area contributed by atoms with Crippen molar-refractivity contribution in [3.05, 3.63) is 29.9 Å². The lowest BCUT2D eigenvalue weighted by molar-refractivity contribution is 0.0768. The molecule has 2 heterocycles. The summed E-state index contributed by atoms with van der Waals surface area (Å²) in [7, 11) is 3.34. The van der Waals surface area contributed by atoms with Gasteiger partial charge in [0.15, 0.2) is 11.6 Å². The summed E-state index contributed by atoms with van der Waals surface area (Å²) < 4.78 is 6.88. The second-order valence-corrected chi connectivity index (χ2v) is 4.51. The van der Waals surface area contributed by atoms with E-state index >= 15 is 0 Å². The van der Waals surface area contributed by atoms with Crippen molar-refractivity contribution >= 4 is 5.91 Å². The maximum Gasteiger partial charge on any atom is 0.289 e. The first-order chi connectivity index (χ1) is 9.61. The number of carbonyl (C=O) groups is 1. The quantitative estimate of drug-likeness (QED) is 0.817. The molecular formula is C12H18N6O2. The number of carbonyl (C=O) groups excluding carboxylic acids is 1. The predicted molar refractivity (Wildman–Crippen MR) is 71.0 cm³/mol. The Hall–Kier alpha value is -2.22. The monoisotopic (exact) mass is 278 g/mol. The fraction of sp³-hybridized carbons (Fsp3) is 0.500. The highest BCUT2D eigenvalue weighted by atomic mass is 16.5. The molecule has 20 heavy (non-hydrogen) atoms. The highest BCUT2D eigenvalue weighted by Crippen LogP contribution is 2.05. The minimum absolute atomic E-state index is 0.181. The number of amides is 1. The van der Waals surface area contributed by atoms with Crippen molar-refractivity contribution in [1.29, 1.82) is 0 Å². The molecule has 0 aliphatic carbocycles. The molecule has 1 amide bonds. The largest absolute Gasteiger partial charge is 0.383 e. The molecule has 0 bridgehead atoms. The van der Waals surface area contributed by atoms with Gasteiger partial charge in [0.05, 0.1) is 13.2 Å². The van der Waals surface area contributed by atoms with Crippen LogP contribution in [0.25, 0.3) is 0 Å².